The predicted molar refractivity (Wildman–Crippen MR) is 125 cm³/mol. The molecule has 3 rings (SSSR count). The van der Waals surface area contributed by atoms with E-state index in [1.54, 1.807) is 11.3 Å². The maximum atomic E-state index is 12.1. The Morgan fingerprint density at radius 3 is 2.83 bits per heavy atom. The molecular weight excluding hydrogens is 503 g/mol. The maximum Gasteiger partial charge on any atom is 0.310 e. The molecule has 29 heavy (non-hydrogen) atoms. The molecule has 0 aliphatic carbocycles. The van der Waals surface area contributed by atoms with Gasteiger partial charge < -0.3 is 19.5 Å². The van der Waals surface area contributed by atoms with Crippen molar-refractivity contribution in [2.45, 2.75) is 26.8 Å². The van der Waals surface area contributed by atoms with Gasteiger partial charge in [-0.2, -0.15) is 0 Å². The Morgan fingerprint density at radius 2 is 2.21 bits per heavy atom. The number of aromatic nitrogens is 3. The number of guanidine groups is 1. The van der Waals surface area contributed by atoms with E-state index in [-0.39, 0.29) is 41.8 Å². The van der Waals surface area contributed by atoms with Crippen molar-refractivity contribution >= 4 is 47.2 Å². The van der Waals surface area contributed by atoms with Crippen molar-refractivity contribution in [3.63, 3.8) is 0 Å². The largest absolute Gasteiger partial charge is 0.469 e. The van der Waals surface area contributed by atoms with Gasteiger partial charge in [0.1, 0.15) is 12.4 Å². The molecule has 160 valence electrons. The van der Waals surface area contributed by atoms with Gasteiger partial charge in [-0.15, -0.1) is 45.5 Å². The highest BCUT2D eigenvalue weighted by Gasteiger charge is 2.37. The van der Waals surface area contributed by atoms with E-state index in [9.17, 15) is 4.79 Å². The predicted octanol–water partition coefficient (Wildman–Crippen LogP) is 2.23. The highest BCUT2D eigenvalue weighted by molar-refractivity contribution is 14.0. The first-order valence-corrected chi connectivity index (χ1v) is 10.4. The Kier molecular flexibility index (Phi) is 8.87. The molecule has 2 atom stereocenters. The third-order valence-electron chi connectivity index (χ3n) is 5.20. The fourth-order valence-electron chi connectivity index (χ4n) is 3.35. The Labute approximate surface area is 192 Å². The number of methoxy groups -OCH3 is 1. The average molecular weight is 532 g/mol. The van der Waals surface area contributed by atoms with Gasteiger partial charge in [0.25, 0.3) is 0 Å². The lowest BCUT2D eigenvalue weighted by atomic mass is 9.99. The van der Waals surface area contributed by atoms with E-state index in [1.807, 2.05) is 18.5 Å². The second-order valence-electron chi connectivity index (χ2n) is 7.13. The SMILES string of the molecule is COC(=O)C1CN(C(=NCc2nnc(C)n2C)NCCc2cccs2)CC1C.I. The van der Waals surface area contributed by atoms with Crippen LogP contribution in [-0.2, 0) is 29.5 Å². The third kappa shape index (κ3) is 5.91. The van der Waals surface area contributed by atoms with Crippen LogP contribution in [0.4, 0.5) is 0 Å². The summed E-state index contributed by atoms with van der Waals surface area (Å²) < 4.78 is 6.91. The molecule has 2 aromatic rings. The summed E-state index contributed by atoms with van der Waals surface area (Å²) in [5, 5.41) is 13.8. The zero-order valence-corrected chi connectivity index (χ0v) is 20.4. The molecule has 3 heterocycles. The molecule has 1 saturated heterocycles. The number of ether oxygens (including phenoxy) is 1. The van der Waals surface area contributed by atoms with E-state index < -0.39 is 0 Å². The maximum absolute atomic E-state index is 12.1. The van der Waals surface area contributed by atoms with Crippen LogP contribution in [-0.4, -0.2) is 58.3 Å². The van der Waals surface area contributed by atoms with E-state index in [4.69, 9.17) is 9.73 Å². The first kappa shape index (κ1) is 23.6. The molecule has 2 unspecified atom stereocenters. The van der Waals surface area contributed by atoms with Crippen molar-refractivity contribution in [1.82, 2.24) is 25.0 Å². The molecule has 0 aromatic carbocycles. The highest BCUT2D eigenvalue weighted by Crippen LogP contribution is 2.24. The Morgan fingerprint density at radius 1 is 1.41 bits per heavy atom. The minimum absolute atomic E-state index is 0. The lowest BCUT2D eigenvalue weighted by Crippen LogP contribution is -2.41. The molecule has 1 aliphatic rings. The van der Waals surface area contributed by atoms with Crippen molar-refractivity contribution in [3.05, 3.63) is 34.0 Å². The number of esters is 1. The lowest BCUT2D eigenvalue weighted by Gasteiger charge is -2.22. The van der Waals surface area contributed by atoms with Crippen LogP contribution in [0, 0.1) is 18.8 Å². The zero-order chi connectivity index (χ0) is 20.1. The number of hydrogen-bond acceptors (Lipinski definition) is 6. The van der Waals surface area contributed by atoms with Gasteiger partial charge in [-0.05, 0) is 30.7 Å². The number of likely N-dealkylation sites (tertiary alicyclic amines) is 1. The van der Waals surface area contributed by atoms with Gasteiger partial charge in [-0.1, -0.05) is 13.0 Å². The van der Waals surface area contributed by atoms with E-state index in [1.165, 1.54) is 12.0 Å². The summed E-state index contributed by atoms with van der Waals surface area (Å²) >= 11 is 1.75. The van der Waals surface area contributed by atoms with Crippen molar-refractivity contribution < 1.29 is 9.53 Å². The van der Waals surface area contributed by atoms with Crippen LogP contribution in [0.1, 0.15) is 23.4 Å². The van der Waals surface area contributed by atoms with Crippen molar-refractivity contribution in [3.8, 4) is 0 Å². The highest BCUT2D eigenvalue weighted by atomic mass is 127. The summed E-state index contributed by atoms with van der Waals surface area (Å²) in [6.07, 6.45) is 0.934. The summed E-state index contributed by atoms with van der Waals surface area (Å²) in [6, 6.07) is 4.20. The van der Waals surface area contributed by atoms with Crippen molar-refractivity contribution in [1.29, 1.82) is 0 Å². The van der Waals surface area contributed by atoms with Crippen LogP contribution in [0.25, 0.3) is 0 Å². The molecule has 0 saturated carbocycles. The Balaban J connectivity index is 0.00000300. The van der Waals surface area contributed by atoms with Crippen LogP contribution >= 0.6 is 35.3 Å². The van der Waals surface area contributed by atoms with Gasteiger partial charge >= 0.3 is 5.97 Å². The number of thiophene rings is 1. The molecular formula is C19H29IN6O2S. The molecule has 0 bridgehead atoms. The van der Waals surface area contributed by atoms with Gasteiger partial charge in [0.15, 0.2) is 11.8 Å². The van der Waals surface area contributed by atoms with Crippen molar-refractivity contribution in [2.24, 2.45) is 23.9 Å². The van der Waals surface area contributed by atoms with Crippen LogP contribution in [0.15, 0.2) is 22.5 Å². The molecule has 0 radical (unpaired) electrons. The first-order valence-electron chi connectivity index (χ1n) is 9.48. The summed E-state index contributed by atoms with van der Waals surface area (Å²) in [5.74, 6) is 2.40. The summed E-state index contributed by atoms with van der Waals surface area (Å²) in [6.45, 7) is 6.59. The normalized spacial score (nSPS) is 19.2. The van der Waals surface area contributed by atoms with Gasteiger partial charge in [-0.3, -0.25) is 4.79 Å². The average Bonchev–Trinajstić information content (AvgIpc) is 3.41. The number of carbonyl (C=O) groups is 1. The Bertz CT molecular complexity index is 823. The minimum Gasteiger partial charge on any atom is -0.469 e. The second kappa shape index (κ2) is 10.9. The summed E-state index contributed by atoms with van der Waals surface area (Å²) in [4.78, 5) is 20.3. The number of rotatable bonds is 6. The molecule has 0 amide bonds. The fraction of sp³-hybridized carbons (Fsp3) is 0.579. The number of nitrogens with zero attached hydrogens (tertiary/aromatic N) is 5. The number of carbonyl (C=O) groups excluding carboxylic acids is 1. The molecule has 2 aromatic heterocycles. The van der Waals surface area contributed by atoms with Crippen molar-refractivity contribution in [2.75, 3.05) is 26.7 Å². The fourth-order valence-corrected chi connectivity index (χ4v) is 4.06. The van der Waals surface area contributed by atoms with Gasteiger partial charge in [0.2, 0.25) is 0 Å². The first-order chi connectivity index (χ1) is 13.5. The van der Waals surface area contributed by atoms with Crippen LogP contribution in [0.3, 0.4) is 0 Å². The smallest absolute Gasteiger partial charge is 0.310 e. The zero-order valence-electron chi connectivity index (χ0n) is 17.3. The van der Waals surface area contributed by atoms with E-state index >= 15 is 0 Å². The minimum atomic E-state index is -0.156. The summed E-state index contributed by atoms with van der Waals surface area (Å²) in [7, 11) is 3.39. The summed E-state index contributed by atoms with van der Waals surface area (Å²) in [5.41, 5.74) is 0. The number of halogens is 1. The molecule has 1 aliphatic heterocycles. The van der Waals surface area contributed by atoms with Crippen LogP contribution < -0.4 is 5.32 Å². The molecule has 1 fully saturated rings. The molecule has 8 nitrogen and oxygen atoms in total. The lowest BCUT2D eigenvalue weighted by molar-refractivity contribution is -0.145. The number of nitrogens with one attached hydrogen (secondary N) is 1. The van der Waals surface area contributed by atoms with E-state index in [0.29, 0.717) is 13.1 Å². The molecule has 0 spiro atoms. The number of aryl methyl sites for hydroxylation is 1. The van der Waals surface area contributed by atoms with Gasteiger partial charge in [-0.25, -0.2) is 4.99 Å². The standard InChI is InChI=1S/C19H28N6O2S.HI/c1-13-11-25(12-16(13)18(26)27-4)19(20-8-7-15-6-5-9-28-15)21-10-17-23-22-14(2)24(17)3;/h5-6,9,13,16H,7-8,10-12H2,1-4H3,(H,20,21);1H. The van der Waals surface area contributed by atoms with Gasteiger partial charge in [0.05, 0.1) is 13.0 Å². The van der Waals surface area contributed by atoms with Crippen LogP contribution in [0.5, 0.6) is 0 Å². The second-order valence-corrected chi connectivity index (χ2v) is 8.16. The van der Waals surface area contributed by atoms with E-state index in [2.05, 4.69) is 44.9 Å². The quantitative estimate of drug-likeness (QED) is 0.266. The number of hydrogen-bond donors (Lipinski definition) is 1. The van der Waals surface area contributed by atoms with Gasteiger partial charge in [0, 0.05) is 31.6 Å². The Hall–Kier alpha value is -1.69. The van der Waals surface area contributed by atoms with Crippen LogP contribution in [0.2, 0.25) is 0 Å². The van der Waals surface area contributed by atoms with E-state index in [0.717, 1.165) is 37.1 Å². The monoisotopic (exact) mass is 532 g/mol. The molecule has 10 heteroatoms. The topological polar surface area (TPSA) is 84.6 Å². The number of aliphatic imine (C=N–C) groups is 1. The third-order valence-corrected chi connectivity index (χ3v) is 6.14. The molecule has 1 N–H and O–H groups in total.